The van der Waals surface area contributed by atoms with E-state index in [1.54, 1.807) is 18.2 Å². The average Bonchev–Trinajstić information content (AvgIpc) is 3.57. The number of nitrogens with zero attached hydrogens (tertiary/aromatic N) is 1. The van der Waals surface area contributed by atoms with E-state index < -0.39 is 10.0 Å². The molecule has 4 rings (SSSR count). The van der Waals surface area contributed by atoms with Crippen molar-refractivity contribution in [3.8, 4) is 0 Å². The molecule has 6 nitrogen and oxygen atoms in total. The highest BCUT2D eigenvalue weighted by Gasteiger charge is 2.30. The predicted octanol–water partition coefficient (Wildman–Crippen LogP) is 2.32. The molecule has 2 aliphatic rings. The van der Waals surface area contributed by atoms with Crippen molar-refractivity contribution in [2.75, 3.05) is 13.1 Å². The van der Waals surface area contributed by atoms with Crippen LogP contribution in [0.25, 0.3) is 0 Å². The predicted molar refractivity (Wildman–Crippen MR) is 114 cm³/mol. The Hall–Kier alpha value is -1.93. The van der Waals surface area contributed by atoms with E-state index in [1.807, 2.05) is 24.3 Å². The Labute approximate surface area is 177 Å². The van der Waals surface area contributed by atoms with E-state index in [2.05, 4.69) is 5.32 Å². The standard InChI is InChI=1S/C21H25N3O3S.ClH/c22-20(16-8-9-16)13-23-21(25)17-6-3-7-19(12-17)28(26,27)24-11-10-15-4-1-2-5-18(15)14-24;/h1-7,12,16,20H,8-11,13-14,22H2,(H,23,25);1H. The molecule has 0 spiro atoms. The number of sulfonamides is 1. The second kappa shape index (κ2) is 8.83. The number of rotatable bonds is 6. The maximum Gasteiger partial charge on any atom is 0.251 e. The molecule has 1 saturated carbocycles. The minimum Gasteiger partial charge on any atom is -0.350 e. The van der Waals surface area contributed by atoms with E-state index in [9.17, 15) is 13.2 Å². The molecule has 0 saturated heterocycles. The van der Waals surface area contributed by atoms with E-state index in [-0.39, 0.29) is 29.3 Å². The summed E-state index contributed by atoms with van der Waals surface area (Å²) in [7, 11) is -3.67. The number of carbonyl (C=O) groups excluding carboxylic acids is 1. The Kier molecular flexibility index (Phi) is 6.63. The zero-order chi connectivity index (χ0) is 19.7. The number of benzene rings is 2. The molecule has 2 aromatic rings. The second-order valence-electron chi connectivity index (χ2n) is 7.60. The van der Waals surface area contributed by atoms with Crippen molar-refractivity contribution < 1.29 is 13.2 Å². The number of nitrogens with two attached hydrogens (primary N) is 1. The monoisotopic (exact) mass is 435 g/mol. The van der Waals surface area contributed by atoms with E-state index in [0.29, 0.717) is 37.5 Å². The third-order valence-electron chi connectivity index (χ3n) is 5.56. The van der Waals surface area contributed by atoms with Crippen LogP contribution >= 0.6 is 12.4 Å². The first kappa shape index (κ1) is 21.8. The van der Waals surface area contributed by atoms with E-state index in [0.717, 1.165) is 18.4 Å². The first-order valence-electron chi connectivity index (χ1n) is 9.66. The molecule has 1 atom stereocenters. The maximum atomic E-state index is 13.1. The van der Waals surface area contributed by atoms with Gasteiger partial charge in [0.1, 0.15) is 0 Å². The fraction of sp³-hybridized carbons (Fsp3) is 0.381. The van der Waals surface area contributed by atoms with Crippen LogP contribution in [0.5, 0.6) is 0 Å². The molecule has 1 fully saturated rings. The van der Waals surface area contributed by atoms with Crippen LogP contribution < -0.4 is 11.1 Å². The first-order chi connectivity index (χ1) is 13.4. The largest absolute Gasteiger partial charge is 0.350 e. The molecule has 2 aromatic carbocycles. The van der Waals surface area contributed by atoms with Gasteiger partial charge < -0.3 is 11.1 Å². The zero-order valence-corrected chi connectivity index (χ0v) is 17.7. The smallest absolute Gasteiger partial charge is 0.251 e. The van der Waals surface area contributed by atoms with Crippen molar-refractivity contribution in [3.63, 3.8) is 0 Å². The number of hydrogen-bond donors (Lipinski definition) is 2. The van der Waals surface area contributed by atoms with Gasteiger partial charge in [-0.05, 0) is 54.5 Å². The van der Waals surface area contributed by atoms with Crippen LogP contribution in [0.1, 0.15) is 34.3 Å². The highest BCUT2D eigenvalue weighted by atomic mass is 35.5. The summed E-state index contributed by atoms with van der Waals surface area (Å²) in [6.07, 6.45) is 2.92. The summed E-state index contributed by atoms with van der Waals surface area (Å²) in [4.78, 5) is 12.6. The van der Waals surface area contributed by atoms with E-state index >= 15 is 0 Å². The third kappa shape index (κ3) is 4.80. The molecule has 8 heteroatoms. The minimum absolute atomic E-state index is 0. The first-order valence-corrected chi connectivity index (χ1v) is 11.1. The van der Waals surface area contributed by atoms with Gasteiger partial charge in [-0.2, -0.15) is 4.31 Å². The Morgan fingerprint density at radius 2 is 1.86 bits per heavy atom. The SMILES string of the molecule is Cl.NC(CNC(=O)c1cccc(S(=O)(=O)N2CCc3ccccc3C2)c1)C1CC1. The lowest BCUT2D eigenvalue weighted by Gasteiger charge is -2.28. The van der Waals surface area contributed by atoms with Crippen LogP contribution in [0.15, 0.2) is 53.4 Å². The number of halogens is 1. The average molecular weight is 436 g/mol. The molecule has 156 valence electrons. The van der Waals surface area contributed by atoms with Crippen LogP contribution in [0, 0.1) is 5.92 Å². The molecule has 3 N–H and O–H groups in total. The molecule has 1 aliphatic heterocycles. The lowest BCUT2D eigenvalue weighted by molar-refractivity contribution is 0.0950. The normalized spacial score (nSPS) is 17.7. The van der Waals surface area contributed by atoms with Crippen molar-refractivity contribution in [2.45, 2.75) is 36.7 Å². The van der Waals surface area contributed by atoms with Crippen LogP contribution in [0.2, 0.25) is 0 Å². The zero-order valence-electron chi connectivity index (χ0n) is 16.1. The third-order valence-corrected chi connectivity index (χ3v) is 7.40. The quantitative estimate of drug-likeness (QED) is 0.728. The summed E-state index contributed by atoms with van der Waals surface area (Å²) in [5, 5.41) is 2.82. The summed E-state index contributed by atoms with van der Waals surface area (Å²) >= 11 is 0. The number of amides is 1. The second-order valence-corrected chi connectivity index (χ2v) is 9.53. The number of nitrogens with one attached hydrogen (secondary N) is 1. The highest BCUT2D eigenvalue weighted by molar-refractivity contribution is 7.89. The summed E-state index contributed by atoms with van der Waals surface area (Å²) in [6, 6.07) is 14.1. The van der Waals surface area contributed by atoms with Crippen molar-refractivity contribution in [1.82, 2.24) is 9.62 Å². The van der Waals surface area contributed by atoms with Crippen LogP contribution in [-0.2, 0) is 23.0 Å². The van der Waals surface area contributed by atoms with Gasteiger partial charge in [0.05, 0.1) is 4.90 Å². The summed E-state index contributed by atoms with van der Waals surface area (Å²) < 4.78 is 27.7. The van der Waals surface area contributed by atoms with Crippen molar-refractivity contribution in [3.05, 3.63) is 65.2 Å². The summed E-state index contributed by atoms with van der Waals surface area (Å²) in [6.45, 7) is 1.20. The number of hydrogen-bond acceptors (Lipinski definition) is 4. The Morgan fingerprint density at radius 1 is 1.14 bits per heavy atom. The number of fused-ring (bicyclic) bond motifs is 1. The molecule has 0 bridgehead atoms. The Bertz CT molecular complexity index is 992. The molecular weight excluding hydrogens is 410 g/mol. The van der Waals surface area contributed by atoms with Gasteiger partial charge in [-0.15, -0.1) is 12.4 Å². The molecule has 1 amide bonds. The van der Waals surface area contributed by atoms with Gasteiger partial charge in [0.15, 0.2) is 0 Å². The van der Waals surface area contributed by atoms with Gasteiger partial charge in [0, 0.05) is 31.2 Å². The van der Waals surface area contributed by atoms with Gasteiger partial charge in [-0.25, -0.2) is 8.42 Å². The molecule has 0 radical (unpaired) electrons. The fourth-order valence-electron chi connectivity index (χ4n) is 3.63. The van der Waals surface area contributed by atoms with Gasteiger partial charge in [0.25, 0.3) is 5.91 Å². The fourth-order valence-corrected chi connectivity index (χ4v) is 5.09. The van der Waals surface area contributed by atoms with Gasteiger partial charge in [-0.3, -0.25) is 4.79 Å². The lowest BCUT2D eigenvalue weighted by atomic mass is 10.0. The minimum atomic E-state index is -3.67. The molecule has 1 unspecified atom stereocenters. The number of carbonyl (C=O) groups is 1. The van der Waals surface area contributed by atoms with Crippen molar-refractivity contribution in [2.24, 2.45) is 11.7 Å². The Balaban J connectivity index is 0.00000240. The molecule has 29 heavy (non-hydrogen) atoms. The summed E-state index contributed by atoms with van der Waals surface area (Å²) in [5.41, 5.74) is 8.58. The van der Waals surface area contributed by atoms with Gasteiger partial charge >= 0.3 is 0 Å². The Morgan fingerprint density at radius 3 is 2.59 bits per heavy atom. The summed E-state index contributed by atoms with van der Waals surface area (Å²) in [5.74, 6) is 0.200. The van der Waals surface area contributed by atoms with Crippen LogP contribution in [-0.4, -0.2) is 37.8 Å². The molecule has 0 aromatic heterocycles. The molecule has 1 aliphatic carbocycles. The highest BCUT2D eigenvalue weighted by Crippen LogP contribution is 2.31. The van der Waals surface area contributed by atoms with Gasteiger partial charge in [-0.1, -0.05) is 30.3 Å². The van der Waals surface area contributed by atoms with E-state index in [4.69, 9.17) is 5.73 Å². The van der Waals surface area contributed by atoms with Crippen LogP contribution in [0.3, 0.4) is 0 Å². The van der Waals surface area contributed by atoms with Crippen molar-refractivity contribution >= 4 is 28.3 Å². The lowest BCUT2D eigenvalue weighted by Crippen LogP contribution is -2.38. The molecule has 1 heterocycles. The van der Waals surface area contributed by atoms with E-state index in [1.165, 1.54) is 15.9 Å². The van der Waals surface area contributed by atoms with Crippen LogP contribution in [0.4, 0.5) is 0 Å². The molecular formula is C21H26ClN3O3S. The maximum absolute atomic E-state index is 13.1. The van der Waals surface area contributed by atoms with Crippen molar-refractivity contribution in [1.29, 1.82) is 0 Å². The topological polar surface area (TPSA) is 92.5 Å². The van der Waals surface area contributed by atoms with Gasteiger partial charge in [0.2, 0.25) is 10.0 Å².